The smallest absolute Gasteiger partial charge is 0.160 e. The van der Waals surface area contributed by atoms with E-state index in [2.05, 4.69) is 0 Å². The van der Waals surface area contributed by atoms with Crippen LogP contribution in [0.25, 0.3) is 0 Å². The van der Waals surface area contributed by atoms with Crippen LogP contribution in [0.1, 0.15) is 25.3 Å². The van der Waals surface area contributed by atoms with Crippen molar-refractivity contribution in [3.63, 3.8) is 0 Å². The molecule has 5 nitrogen and oxygen atoms in total. The highest BCUT2D eigenvalue weighted by Crippen LogP contribution is 2.35. The van der Waals surface area contributed by atoms with E-state index >= 15 is 0 Å². The minimum absolute atomic E-state index is 0.0492. The zero-order valence-electron chi connectivity index (χ0n) is 13.2. The van der Waals surface area contributed by atoms with Gasteiger partial charge in [0.2, 0.25) is 0 Å². The van der Waals surface area contributed by atoms with Gasteiger partial charge >= 0.3 is 0 Å². The molecule has 0 saturated heterocycles. The fourth-order valence-corrected chi connectivity index (χ4v) is 2.22. The summed E-state index contributed by atoms with van der Waals surface area (Å²) in [6, 6.07) is 9.86. The molecule has 0 atom stereocenters. The first-order chi connectivity index (χ1) is 11.1. The minimum atomic E-state index is 0.0492. The standard InChI is InChI=1S/C9H10O3.C9H12O2/c10-6-4-8(11)7-2-1-3-12-9(7)5-6;1-2-7-11-9-6-4-3-5-8(9)10/h4-5,10-11H,1-3H2;3-6,10H,2,7H2,1H3. The Morgan fingerprint density at radius 1 is 1.09 bits per heavy atom. The molecule has 3 N–H and O–H groups in total. The van der Waals surface area contributed by atoms with Crippen LogP contribution < -0.4 is 9.47 Å². The maximum absolute atomic E-state index is 9.40. The van der Waals surface area contributed by atoms with Gasteiger partial charge in [-0.15, -0.1) is 0 Å². The summed E-state index contributed by atoms with van der Waals surface area (Å²) < 4.78 is 10.5. The van der Waals surface area contributed by atoms with Crippen LogP contribution in [0.4, 0.5) is 0 Å². The maximum atomic E-state index is 9.40. The van der Waals surface area contributed by atoms with Crippen LogP contribution in [0.5, 0.6) is 28.7 Å². The first-order valence-electron chi connectivity index (χ1n) is 7.70. The lowest BCUT2D eigenvalue weighted by molar-refractivity contribution is 0.281. The van der Waals surface area contributed by atoms with Crippen molar-refractivity contribution in [3.05, 3.63) is 42.0 Å². The Bertz CT molecular complexity index is 639. The molecule has 2 aromatic rings. The molecule has 5 heteroatoms. The third-order valence-corrected chi connectivity index (χ3v) is 3.33. The van der Waals surface area contributed by atoms with Crippen LogP contribution in [0, 0.1) is 0 Å². The highest BCUT2D eigenvalue weighted by Gasteiger charge is 2.15. The van der Waals surface area contributed by atoms with E-state index in [1.165, 1.54) is 12.1 Å². The average Bonchev–Trinajstić information content (AvgIpc) is 2.55. The van der Waals surface area contributed by atoms with Crippen molar-refractivity contribution in [2.75, 3.05) is 13.2 Å². The third-order valence-electron chi connectivity index (χ3n) is 3.33. The van der Waals surface area contributed by atoms with Gasteiger partial charge in [0.05, 0.1) is 13.2 Å². The Labute approximate surface area is 135 Å². The molecule has 0 saturated carbocycles. The van der Waals surface area contributed by atoms with Crippen LogP contribution in [0.3, 0.4) is 0 Å². The number of phenolic OH excluding ortho intramolecular Hbond substituents is 3. The molecule has 2 aromatic carbocycles. The fraction of sp³-hybridized carbons (Fsp3) is 0.333. The summed E-state index contributed by atoms with van der Waals surface area (Å²) in [5, 5.41) is 27.7. The molecular formula is C18H22O5. The Hall–Kier alpha value is -2.56. The lowest BCUT2D eigenvalue weighted by Crippen LogP contribution is -2.07. The van der Waals surface area contributed by atoms with Gasteiger partial charge in [-0.05, 0) is 31.4 Å². The number of hydrogen-bond donors (Lipinski definition) is 3. The third kappa shape index (κ3) is 4.71. The molecule has 0 bridgehead atoms. The fourth-order valence-electron chi connectivity index (χ4n) is 2.22. The molecule has 0 unspecified atom stereocenters. The molecule has 1 aliphatic rings. The summed E-state index contributed by atoms with van der Waals surface area (Å²) in [6.45, 7) is 3.34. The molecule has 0 aliphatic carbocycles. The molecule has 0 radical (unpaired) electrons. The Morgan fingerprint density at radius 2 is 1.87 bits per heavy atom. The van der Waals surface area contributed by atoms with Gasteiger partial charge in [0.1, 0.15) is 17.2 Å². The summed E-state index contributed by atoms with van der Waals surface area (Å²) in [6.07, 6.45) is 2.70. The summed E-state index contributed by atoms with van der Waals surface area (Å²) in [7, 11) is 0. The van der Waals surface area contributed by atoms with Gasteiger partial charge in [0, 0.05) is 17.7 Å². The Morgan fingerprint density at radius 3 is 2.61 bits per heavy atom. The normalized spacial score (nSPS) is 12.4. The zero-order valence-corrected chi connectivity index (χ0v) is 13.2. The van der Waals surface area contributed by atoms with E-state index in [1.807, 2.05) is 13.0 Å². The number of para-hydroxylation sites is 2. The summed E-state index contributed by atoms with van der Waals surface area (Å²) >= 11 is 0. The molecule has 3 rings (SSSR count). The number of ether oxygens (including phenoxy) is 2. The Balaban J connectivity index is 0.000000168. The molecular weight excluding hydrogens is 296 g/mol. The molecule has 0 fully saturated rings. The van der Waals surface area contributed by atoms with E-state index in [9.17, 15) is 10.2 Å². The van der Waals surface area contributed by atoms with Crippen LogP contribution in [0.2, 0.25) is 0 Å². The second kappa shape index (κ2) is 8.17. The monoisotopic (exact) mass is 318 g/mol. The second-order valence-corrected chi connectivity index (χ2v) is 5.21. The lowest BCUT2D eigenvalue weighted by Gasteiger charge is -2.17. The van der Waals surface area contributed by atoms with Crippen LogP contribution in [-0.2, 0) is 6.42 Å². The molecule has 0 spiro atoms. The number of hydrogen-bond acceptors (Lipinski definition) is 5. The molecule has 0 aromatic heterocycles. The van der Waals surface area contributed by atoms with Crippen molar-refractivity contribution in [3.8, 4) is 28.7 Å². The first-order valence-corrected chi connectivity index (χ1v) is 7.70. The van der Waals surface area contributed by atoms with Crippen molar-refractivity contribution in [2.45, 2.75) is 26.2 Å². The van der Waals surface area contributed by atoms with Crippen LogP contribution in [-0.4, -0.2) is 28.5 Å². The maximum Gasteiger partial charge on any atom is 0.160 e. The van der Waals surface area contributed by atoms with Gasteiger partial charge < -0.3 is 24.8 Å². The summed E-state index contributed by atoms with van der Waals surface area (Å²) in [5.41, 5.74) is 0.805. The molecule has 23 heavy (non-hydrogen) atoms. The number of rotatable bonds is 3. The number of phenols is 3. The van der Waals surface area contributed by atoms with E-state index in [4.69, 9.17) is 14.6 Å². The SMILES string of the molecule is CCCOc1ccccc1O.Oc1cc(O)c2c(c1)OCCC2. The van der Waals surface area contributed by atoms with Gasteiger partial charge in [-0.3, -0.25) is 0 Å². The van der Waals surface area contributed by atoms with Gasteiger partial charge in [-0.25, -0.2) is 0 Å². The number of fused-ring (bicyclic) bond motifs is 1. The van der Waals surface area contributed by atoms with Crippen molar-refractivity contribution < 1.29 is 24.8 Å². The highest BCUT2D eigenvalue weighted by molar-refractivity contribution is 5.50. The van der Waals surface area contributed by atoms with Crippen molar-refractivity contribution >= 4 is 0 Å². The topological polar surface area (TPSA) is 79.2 Å². The summed E-state index contributed by atoms with van der Waals surface area (Å²) in [4.78, 5) is 0. The second-order valence-electron chi connectivity index (χ2n) is 5.21. The molecule has 124 valence electrons. The molecule has 1 aliphatic heterocycles. The number of aromatic hydroxyl groups is 3. The van der Waals surface area contributed by atoms with E-state index < -0.39 is 0 Å². The highest BCUT2D eigenvalue weighted by atomic mass is 16.5. The van der Waals surface area contributed by atoms with E-state index in [-0.39, 0.29) is 17.2 Å². The first kappa shape index (κ1) is 16.8. The predicted octanol–water partition coefficient (Wildman–Crippen LogP) is 3.60. The number of benzene rings is 2. The lowest BCUT2D eigenvalue weighted by atomic mass is 10.1. The quantitative estimate of drug-likeness (QED) is 0.806. The van der Waals surface area contributed by atoms with Gasteiger partial charge in [0.25, 0.3) is 0 Å². The molecule has 1 heterocycles. The van der Waals surface area contributed by atoms with E-state index in [0.717, 1.165) is 24.8 Å². The van der Waals surface area contributed by atoms with Gasteiger partial charge in [-0.2, -0.15) is 0 Å². The van der Waals surface area contributed by atoms with Gasteiger partial charge in [-0.1, -0.05) is 19.1 Å². The molecule has 0 amide bonds. The summed E-state index contributed by atoms with van der Waals surface area (Å²) in [5.74, 6) is 1.56. The van der Waals surface area contributed by atoms with Crippen LogP contribution >= 0.6 is 0 Å². The van der Waals surface area contributed by atoms with Crippen molar-refractivity contribution in [2.24, 2.45) is 0 Å². The predicted molar refractivity (Wildman–Crippen MR) is 87.5 cm³/mol. The zero-order chi connectivity index (χ0) is 16.7. The van der Waals surface area contributed by atoms with Crippen molar-refractivity contribution in [1.82, 2.24) is 0 Å². The minimum Gasteiger partial charge on any atom is -0.508 e. The van der Waals surface area contributed by atoms with E-state index in [1.54, 1.807) is 18.2 Å². The average molecular weight is 318 g/mol. The van der Waals surface area contributed by atoms with Crippen molar-refractivity contribution in [1.29, 1.82) is 0 Å². The van der Waals surface area contributed by atoms with Gasteiger partial charge in [0.15, 0.2) is 11.5 Å². The largest absolute Gasteiger partial charge is 0.508 e. The van der Waals surface area contributed by atoms with E-state index in [0.29, 0.717) is 24.7 Å². The Kier molecular flexibility index (Phi) is 5.97. The van der Waals surface area contributed by atoms with Crippen LogP contribution in [0.15, 0.2) is 36.4 Å².